The van der Waals surface area contributed by atoms with Crippen molar-refractivity contribution in [2.24, 2.45) is 5.84 Å². The van der Waals surface area contributed by atoms with Crippen molar-refractivity contribution in [3.05, 3.63) is 63.6 Å². The van der Waals surface area contributed by atoms with E-state index in [1.807, 2.05) is 12.1 Å². The SMILES string of the molecule is Cc1cc(C(NN)c2ncccc2Br)ccc1F. The predicted octanol–water partition coefficient (Wildman–Crippen LogP) is 2.84. The van der Waals surface area contributed by atoms with Gasteiger partial charge in [-0.1, -0.05) is 12.1 Å². The Bertz CT molecular complexity index is 560. The second-order valence-electron chi connectivity index (χ2n) is 3.98. The fourth-order valence-corrected chi connectivity index (χ4v) is 2.27. The zero-order valence-corrected chi connectivity index (χ0v) is 11.4. The molecule has 0 aliphatic carbocycles. The lowest BCUT2D eigenvalue weighted by Gasteiger charge is -2.17. The van der Waals surface area contributed by atoms with Crippen LogP contribution < -0.4 is 11.3 Å². The maximum atomic E-state index is 13.3. The summed E-state index contributed by atoms with van der Waals surface area (Å²) in [6.07, 6.45) is 1.70. The summed E-state index contributed by atoms with van der Waals surface area (Å²) in [5.74, 6) is 5.36. The van der Waals surface area contributed by atoms with Gasteiger partial charge in [0.1, 0.15) is 5.82 Å². The molecule has 1 heterocycles. The van der Waals surface area contributed by atoms with E-state index in [-0.39, 0.29) is 11.9 Å². The third kappa shape index (κ3) is 2.58. The molecule has 0 saturated carbocycles. The van der Waals surface area contributed by atoms with Crippen molar-refractivity contribution in [3.8, 4) is 0 Å². The van der Waals surface area contributed by atoms with Crippen LogP contribution in [-0.4, -0.2) is 4.98 Å². The van der Waals surface area contributed by atoms with E-state index in [0.717, 1.165) is 15.7 Å². The van der Waals surface area contributed by atoms with Gasteiger partial charge in [0.15, 0.2) is 0 Å². The zero-order chi connectivity index (χ0) is 13.1. The number of nitrogens with one attached hydrogen (secondary N) is 1. The predicted molar refractivity (Wildman–Crippen MR) is 72.2 cm³/mol. The largest absolute Gasteiger partial charge is 0.271 e. The molecule has 0 amide bonds. The van der Waals surface area contributed by atoms with Gasteiger partial charge in [0, 0.05) is 10.7 Å². The molecule has 0 radical (unpaired) electrons. The monoisotopic (exact) mass is 309 g/mol. The van der Waals surface area contributed by atoms with Crippen molar-refractivity contribution in [2.75, 3.05) is 0 Å². The first-order chi connectivity index (χ1) is 8.63. The smallest absolute Gasteiger partial charge is 0.126 e. The summed E-state index contributed by atoms with van der Waals surface area (Å²) in [7, 11) is 0. The highest BCUT2D eigenvalue weighted by atomic mass is 79.9. The second-order valence-corrected chi connectivity index (χ2v) is 4.83. The van der Waals surface area contributed by atoms with Gasteiger partial charge >= 0.3 is 0 Å². The maximum absolute atomic E-state index is 13.3. The number of aryl methyl sites for hydroxylation is 1. The zero-order valence-electron chi connectivity index (χ0n) is 9.82. The first-order valence-corrected chi connectivity index (χ1v) is 6.25. The second kappa shape index (κ2) is 5.56. The average Bonchev–Trinajstić information content (AvgIpc) is 2.37. The Morgan fingerprint density at radius 1 is 1.39 bits per heavy atom. The number of halogens is 2. The van der Waals surface area contributed by atoms with E-state index in [1.54, 1.807) is 25.3 Å². The molecular weight excluding hydrogens is 297 g/mol. The van der Waals surface area contributed by atoms with Crippen LogP contribution in [0.5, 0.6) is 0 Å². The molecule has 1 unspecified atom stereocenters. The fourth-order valence-electron chi connectivity index (χ4n) is 1.79. The number of aromatic nitrogens is 1. The van der Waals surface area contributed by atoms with Gasteiger partial charge < -0.3 is 0 Å². The highest BCUT2D eigenvalue weighted by Crippen LogP contribution is 2.26. The molecule has 0 fully saturated rings. The van der Waals surface area contributed by atoms with Crippen LogP contribution in [0.4, 0.5) is 4.39 Å². The van der Waals surface area contributed by atoms with Gasteiger partial charge in [-0.3, -0.25) is 10.8 Å². The molecule has 2 rings (SSSR count). The Morgan fingerprint density at radius 3 is 2.78 bits per heavy atom. The summed E-state index contributed by atoms with van der Waals surface area (Å²) >= 11 is 3.44. The molecule has 1 atom stereocenters. The Morgan fingerprint density at radius 2 is 2.17 bits per heavy atom. The van der Waals surface area contributed by atoms with E-state index >= 15 is 0 Å². The molecule has 18 heavy (non-hydrogen) atoms. The number of benzene rings is 1. The van der Waals surface area contributed by atoms with Crippen LogP contribution in [0.3, 0.4) is 0 Å². The topological polar surface area (TPSA) is 50.9 Å². The minimum Gasteiger partial charge on any atom is -0.271 e. The van der Waals surface area contributed by atoms with E-state index in [2.05, 4.69) is 26.3 Å². The third-order valence-corrected chi connectivity index (χ3v) is 3.41. The summed E-state index contributed by atoms with van der Waals surface area (Å²) in [5, 5.41) is 0. The summed E-state index contributed by atoms with van der Waals surface area (Å²) in [6, 6.07) is 8.35. The molecule has 1 aromatic carbocycles. The molecule has 1 aromatic heterocycles. The van der Waals surface area contributed by atoms with Crippen LogP contribution in [0.25, 0.3) is 0 Å². The van der Waals surface area contributed by atoms with Crippen LogP contribution in [0, 0.1) is 12.7 Å². The van der Waals surface area contributed by atoms with Crippen molar-refractivity contribution in [1.29, 1.82) is 0 Å². The highest BCUT2D eigenvalue weighted by molar-refractivity contribution is 9.10. The average molecular weight is 310 g/mol. The van der Waals surface area contributed by atoms with E-state index in [9.17, 15) is 4.39 Å². The van der Waals surface area contributed by atoms with Crippen molar-refractivity contribution in [2.45, 2.75) is 13.0 Å². The number of nitrogens with zero attached hydrogens (tertiary/aromatic N) is 1. The standard InChI is InChI=1S/C13H13BrFN3/c1-8-7-9(4-5-11(8)15)12(18-16)13-10(14)3-2-6-17-13/h2-7,12,18H,16H2,1H3. The summed E-state index contributed by atoms with van der Waals surface area (Å²) in [5.41, 5.74) is 4.93. The summed E-state index contributed by atoms with van der Waals surface area (Å²) in [6.45, 7) is 1.72. The van der Waals surface area contributed by atoms with Gasteiger partial charge in [-0.2, -0.15) is 0 Å². The van der Waals surface area contributed by atoms with Gasteiger partial charge in [-0.25, -0.2) is 9.82 Å². The fraction of sp³-hybridized carbons (Fsp3) is 0.154. The minimum absolute atomic E-state index is 0.227. The molecule has 0 aliphatic heterocycles. The number of nitrogens with two attached hydrogens (primary N) is 1. The van der Waals surface area contributed by atoms with Crippen LogP contribution in [0.15, 0.2) is 41.0 Å². The first-order valence-electron chi connectivity index (χ1n) is 5.46. The lowest BCUT2D eigenvalue weighted by molar-refractivity contribution is 0.601. The Kier molecular flexibility index (Phi) is 4.06. The van der Waals surface area contributed by atoms with Gasteiger partial charge in [0.05, 0.1) is 11.7 Å². The first kappa shape index (κ1) is 13.1. The molecule has 3 N–H and O–H groups in total. The van der Waals surface area contributed by atoms with Crippen molar-refractivity contribution in [3.63, 3.8) is 0 Å². The van der Waals surface area contributed by atoms with Gasteiger partial charge in [-0.05, 0) is 52.2 Å². The van der Waals surface area contributed by atoms with Crippen LogP contribution in [0.2, 0.25) is 0 Å². The lowest BCUT2D eigenvalue weighted by atomic mass is 10.0. The molecule has 5 heteroatoms. The highest BCUT2D eigenvalue weighted by Gasteiger charge is 2.17. The Hall–Kier alpha value is -1.30. The summed E-state index contributed by atoms with van der Waals surface area (Å²) < 4.78 is 14.1. The molecule has 0 bridgehead atoms. The van der Waals surface area contributed by atoms with Gasteiger partial charge in [0.25, 0.3) is 0 Å². The van der Waals surface area contributed by atoms with E-state index in [0.29, 0.717) is 5.56 Å². The van der Waals surface area contributed by atoms with Crippen molar-refractivity contribution in [1.82, 2.24) is 10.4 Å². The molecule has 3 nitrogen and oxygen atoms in total. The lowest BCUT2D eigenvalue weighted by Crippen LogP contribution is -2.29. The number of hydrogen-bond acceptors (Lipinski definition) is 3. The molecule has 94 valence electrons. The number of hydrogen-bond donors (Lipinski definition) is 2. The van der Waals surface area contributed by atoms with Crippen LogP contribution >= 0.6 is 15.9 Å². The molecular formula is C13H13BrFN3. The number of rotatable bonds is 3. The molecule has 0 aliphatic rings. The number of hydrazine groups is 1. The molecule has 0 saturated heterocycles. The number of pyridine rings is 1. The van der Waals surface area contributed by atoms with Crippen molar-refractivity contribution < 1.29 is 4.39 Å². The quantitative estimate of drug-likeness (QED) is 0.677. The third-order valence-electron chi connectivity index (χ3n) is 2.74. The van der Waals surface area contributed by atoms with E-state index in [4.69, 9.17) is 5.84 Å². The van der Waals surface area contributed by atoms with E-state index < -0.39 is 0 Å². The molecule has 0 spiro atoms. The molecule has 2 aromatic rings. The maximum Gasteiger partial charge on any atom is 0.126 e. The van der Waals surface area contributed by atoms with Crippen molar-refractivity contribution >= 4 is 15.9 Å². The normalized spacial score (nSPS) is 12.4. The van der Waals surface area contributed by atoms with E-state index in [1.165, 1.54) is 6.07 Å². The summed E-state index contributed by atoms with van der Waals surface area (Å²) in [4.78, 5) is 4.29. The van der Waals surface area contributed by atoms with Crippen LogP contribution in [0.1, 0.15) is 22.9 Å². The Balaban J connectivity index is 2.45. The van der Waals surface area contributed by atoms with Gasteiger partial charge in [-0.15, -0.1) is 0 Å². The Labute approximate surface area is 113 Å². The van der Waals surface area contributed by atoms with Gasteiger partial charge in [0.2, 0.25) is 0 Å². The minimum atomic E-state index is -0.278. The van der Waals surface area contributed by atoms with Crippen LogP contribution in [-0.2, 0) is 0 Å².